The summed E-state index contributed by atoms with van der Waals surface area (Å²) in [5, 5.41) is 9.20. The van der Waals surface area contributed by atoms with Crippen LogP contribution in [0.15, 0.2) is 40.9 Å². The fraction of sp³-hybridized carbons (Fsp3) is 0.133. The molecule has 0 bridgehead atoms. The number of aryl methyl sites for hydroxylation is 1. The van der Waals surface area contributed by atoms with Crippen LogP contribution < -0.4 is 4.74 Å². The second kappa shape index (κ2) is 6.05. The minimum absolute atomic E-state index is 0.0963. The van der Waals surface area contributed by atoms with Crippen molar-refractivity contribution in [3.8, 4) is 5.75 Å². The van der Waals surface area contributed by atoms with E-state index >= 15 is 0 Å². The van der Waals surface area contributed by atoms with Crippen LogP contribution in [-0.4, -0.2) is 11.1 Å². The van der Waals surface area contributed by atoms with Crippen LogP contribution in [0.1, 0.15) is 21.5 Å². The van der Waals surface area contributed by atoms with Crippen LogP contribution in [0.5, 0.6) is 5.75 Å². The number of hydrogen-bond donors (Lipinski definition) is 1. The van der Waals surface area contributed by atoms with E-state index in [1.165, 1.54) is 18.2 Å². The predicted octanol–water partition coefficient (Wildman–Crippen LogP) is 4.17. The maximum Gasteiger partial charge on any atom is 0.339 e. The molecule has 2 aromatic carbocycles. The van der Waals surface area contributed by atoms with Gasteiger partial charge in [-0.1, -0.05) is 28.1 Å². The van der Waals surface area contributed by atoms with Gasteiger partial charge in [-0.05, 0) is 42.3 Å². The van der Waals surface area contributed by atoms with Crippen LogP contribution in [0.2, 0.25) is 0 Å². The Kier molecular flexibility index (Phi) is 4.39. The lowest BCUT2D eigenvalue weighted by atomic mass is 10.1. The molecule has 0 heterocycles. The molecule has 1 N–H and O–H groups in total. The van der Waals surface area contributed by atoms with Gasteiger partial charge in [0.15, 0.2) is 0 Å². The van der Waals surface area contributed by atoms with E-state index < -0.39 is 5.97 Å². The van der Waals surface area contributed by atoms with Crippen molar-refractivity contribution in [1.82, 2.24) is 0 Å². The van der Waals surface area contributed by atoms with Crippen molar-refractivity contribution in [2.45, 2.75) is 13.5 Å². The summed E-state index contributed by atoms with van der Waals surface area (Å²) in [6, 6.07) is 9.16. The zero-order valence-corrected chi connectivity index (χ0v) is 12.3. The second-order valence-corrected chi connectivity index (χ2v) is 5.24. The van der Waals surface area contributed by atoms with Gasteiger partial charge < -0.3 is 9.84 Å². The van der Waals surface area contributed by atoms with Crippen LogP contribution in [-0.2, 0) is 6.61 Å². The van der Waals surface area contributed by atoms with Gasteiger partial charge >= 0.3 is 5.97 Å². The molecule has 2 aromatic rings. The van der Waals surface area contributed by atoms with E-state index in [1.54, 1.807) is 25.1 Å². The molecule has 0 aliphatic heterocycles. The Morgan fingerprint density at radius 2 is 1.95 bits per heavy atom. The molecule has 20 heavy (non-hydrogen) atoms. The van der Waals surface area contributed by atoms with E-state index in [0.717, 1.165) is 11.1 Å². The van der Waals surface area contributed by atoms with Gasteiger partial charge in [-0.15, -0.1) is 0 Å². The van der Waals surface area contributed by atoms with E-state index in [4.69, 9.17) is 4.74 Å². The average Bonchev–Trinajstić information content (AvgIpc) is 2.38. The molecule has 0 spiro atoms. The van der Waals surface area contributed by atoms with Crippen LogP contribution in [0.25, 0.3) is 0 Å². The first-order chi connectivity index (χ1) is 9.47. The molecule has 0 aliphatic carbocycles. The third kappa shape index (κ3) is 3.36. The number of rotatable bonds is 4. The average molecular weight is 339 g/mol. The van der Waals surface area contributed by atoms with Crippen molar-refractivity contribution in [2.24, 2.45) is 0 Å². The number of carboxylic acids is 1. The maximum absolute atomic E-state index is 12.8. The van der Waals surface area contributed by atoms with Gasteiger partial charge in [0.1, 0.15) is 23.7 Å². The summed E-state index contributed by atoms with van der Waals surface area (Å²) < 4.78 is 19.1. The SMILES string of the molecule is Cc1cc(Br)cc(C(=O)O)c1OCc1ccc(F)cc1. The van der Waals surface area contributed by atoms with Gasteiger partial charge in [0.05, 0.1) is 0 Å². The number of halogens is 2. The highest BCUT2D eigenvalue weighted by Gasteiger charge is 2.15. The Bertz CT molecular complexity index is 638. The highest BCUT2D eigenvalue weighted by Crippen LogP contribution is 2.28. The van der Waals surface area contributed by atoms with E-state index in [-0.39, 0.29) is 18.0 Å². The van der Waals surface area contributed by atoms with E-state index in [1.807, 2.05) is 0 Å². The largest absolute Gasteiger partial charge is 0.488 e. The fourth-order valence-corrected chi connectivity index (χ4v) is 2.39. The molecule has 0 amide bonds. The summed E-state index contributed by atoms with van der Waals surface area (Å²) in [4.78, 5) is 11.2. The normalized spacial score (nSPS) is 10.3. The Hall–Kier alpha value is -1.88. The van der Waals surface area contributed by atoms with Gasteiger partial charge in [0.25, 0.3) is 0 Å². The molecular formula is C15H12BrFO3. The van der Waals surface area contributed by atoms with Crippen molar-refractivity contribution in [1.29, 1.82) is 0 Å². The molecular weight excluding hydrogens is 327 g/mol. The van der Waals surface area contributed by atoms with Gasteiger partial charge in [-0.2, -0.15) is 0 Å². The van der Waals surface area contributed by atoms with Crippen LogP contribution in [0.4, 0.5) is 4.39 Å². The Balaban J connectivity index is 2.24. The number of ether oxygens (including phenoxy) is 1. The summed E-state index contributed by atoms with van der Waals surface area (Å²) in [6.45, 7) is 1.96. The van der Waals surface area contributed by atoms with Gasteiger partial charge in [-0.25, -0.2) is 9.18 Å². The van der Waals surface area contributed by atoms with Gasteiger partial charge in [0, 0.05) is 4.47 Å². The first-order valence-electron chi connectivity index (χ1n) is 5.88. The van der Waals surface area contributed by atoms with Crippen LogP contribution in [0, 0.1) is 12.7 Å². The number of hydrogen-bond acceptors (Lipinski definition) is 2. The highest BCUT2D eigenvalue weighted by molar-refractivity contribution is 9.10. The summed E-state index contributed by atoms with van der Waals surface area (Å²) in [6.07, 6.45) is 0. The minimum Gasteiger partial charge on any atom is -0.488 e. The monoisotopic (exact) mass is 338 g/mol. The van der Waals surface area contributed by atoms with Crippen molar-refractivity contribution in [3.05, 3.63) is 63.4 Å². The van der Waals surface area contributed by atoms with Crippen LogP contribution in [0.3, 0.4) is 0 Å². The second-order valence-electron chi connectivity index (χ2n) is 4.32. The summed E-state index contributed by atoms with van der Waals surface area (Å²) >= 11 is 3.26. The highest BCUT2D eigenvalue weighted by atomic mass is 79.9. The van der Waals surface area contributed by atoms with Crippen molar-refractivity contribution in [2.75, 3.05) is 0 Å². The van der Waals surface area contributed by atoms with Crippen LogP contribution >= 0.6 is 15.9 Å². The van der Waals surface area contributed by atoms with Crippen molar-refractivity contribution in [3.63, 3.8) is 0 Å². The molecule has 3 nitrogen and oxygen atoms in total. The Morgan fingerprint density at radius 1 is 1.30 bits per heavy atom. The standard InChI is InChI=1S/C15H12BrFO3/c1-9-6-11(16)7-13(15(18)19)14(9)20-8-10-2-4-12(17)5-3-10/h2-7H,8H2,1H3,(H,18,19). The molecule has 5 heteroatoms. The third-order valence-electron chi connectivity index (χ3n) is 2.77. The number of carboxylic acid groups (broad SMARTS) is 1. The molecule has 0 saturated heterocycles. The van der Waals surface area contributed by atoms with Gasteiger partial charge in [-0.3, -0.25) is 0 Å². The summed E-state index contributed by atoms with van der Waals surface area (Å²) in [5.41, 5.74) is 1.59. The van der Waals surface area contributed by atoms with E-state index in [2.05, 4.69) is 15.9 Å². The number of benzene rings is 2. The molecule has 0 saturated carbocycles. The molecule has 0 aromatic heterocycles. The first-order valence-corrected chi connectivity index (χ1v) is 6.67. The lowest BCUT2D eigenvalue weighted by Crippen LogP contribution is -2.05. The van der Waals surface area contributed by atoms with Crippen molar-refractivity contribution >= 4 is 21.9 Å². The number of aromatic carboxylic acids is 1. The lowest BCUT2D eigenvalue weighted by molar-refractivity contribution is 0.0691. The quantitative estimate of drug-likeness (QED) is 0.909. The molecule has 104 valence electrons. The topological polar surface area (TPSA) is 46.5 Å². The fourth-order valence-electron chi connectivity index (χ4n) is 1.82. The predicted molar refractivity (Wildman–Crippen MR) is 76.6 cm³/mol. The zero-order chi connectivity index (χ0) is 14.7. The first kappa shape index (κ1) is 14.5. The Labute approximate surface area is 124 Å². The third-order valence-corrected chi connectivity index (χ3v) is 3.22. The summed E-state index contributed by atoms with van der Waals surface area (Å²) in [5.74, 6) is -1.05. The minimum atomic E-state index is -1.05. The molecule has 0 unspecified atom stereocenters. The molecule has 0 atom stereocenters. The lowest BCUT2D eigenvalue weighted by Gasteiger charge is -2.12. The van der Waals surface area contributed by atoms with Gasteiger partial charge in [0.2, 0.25) is 0 Å². The zero-order valence-electron chi connectivity index (χ0n) is 10.7. The maximum atomic E-state index is 12.8. The van der Waals surface area contributed by atoms with E-state index in [0.29, 0.717) is 10.2 Å². The molecule has 2 rings (SSSR count). The Morgan fingerprint density at radius 3 is 2.55 bits per heavy atom. The summed E-state index contributed by atoms with van der Waals surface area (Å²) in [7, 11) is 0. The van der Waals surface area contributed by atoms with Crippen molar-refractivity contribution < 1.29 is 19.0 Å². The number of carbonyl (C=O) groups is 1. The molecule has 0 aliphatic rings. The van der Waals surface area contributed by atoms with E-state index in [9.17, 15) is 14.3 Å². The molecule has 0 radical (unpaired) electrons. The smallest absolute Gasteiger partial charge is 0.339 e. The molecule has 0 fully saturated rings.